The number of anilines is 2. The van der Waals surface area contributed by atoms with Gasteiger partial charge in [-0.3, -0.25) is 14.9 Å². The normalized spacial score (nSPS) is 17.8. The maximum Gasteiger partial charge on any atom is 0.290 e. The molecule has 0 saturated carbocycles. The quantitative estimate of drug-likeness (QED) is 0.423. The van der Waals surface area contributed by atoms with Gasteiger partial charge in [-0.15, -0.1) is 0 Å². The fourth-order valence-electron chi connectivity index (χ4n) is 4.19. The summed E-state index contributed by atoms with van der Waals surface area (Å²) in [6.07, 6.45) is 8.64. The molecule has 3 aromatic heterocycles. The number of amides is 2. The molecule has 0 atom stereocenters. The van der Waals surface area contributed by atoms with Crippen molar-refractivity contribution in [2.45, 2.75) is 19.4 Å². The highest BCUT2D eigenvalue weighted by molar-refractivity contribution is 8.18. The summed E-state index contributed by atoms with van der Waals surface area (Å²) in [5, 5.41) is 5.46. The van der Waals surface area contributed by atoms with Crippen LogP contribution in [0.15, 0.2) is 52.3 Å². The molecule has 10 nitrogen and oxygen atoms in total. The first-order chi connectivity index (χ1) is 17.0. The number of hydrogen-bond acceptors (Lipinski definition) is 10. The van der Waals surface area contributed by atoms with Gasteiger partial charge >= 0.3 is 0 Å². The summed E-state index contributed by atoms with van der Waals surface area (Å²) in [5.74, 6) is 1.28. The lowest BCUT2D eigenvalue weighted by molar-refractivity contribution is -0.115. The number of thioether (sulfide) groups is 1. The summed E-state index contributed by atoms with van der Waals surface area (Å²) in [6.45, 7) is 3.30. The lowest BCUT2D eigenvalue weighted by Gasteiger charge is -2.32. The van der Waals surface area contributed by atoms with Gasteiger partial charge in [-0.05, 0) is 66.9 Å². The number of imide groups is 1. The van der Waals surface area contributed by atoms with E-state index >= 15 is 0 Å². The highest BCUT2D eigenvalue weighted by Gasteiger charge is 2.26. The van der Waals surface area contributed by atoms with E-state index in [0.717, 1.165) is 61.1 Å². The number of hydrogen-bond donors (Lipinski definition) is 3. The third-order valence-electron chi connectivity index (χ3n) is 6.03. The smallest absolute Gasteiger partial charge is 0.290 e. The topological polar surface area (TPSA) is 139 Å². The number of piperidine rings is 1. The Morgan fingerprint density at radius 1 is 1.20 bits per heavy atom. The number of nitrogens with zero attached hydrogens (tertiary/aromatic N) is 4. The first kappa shape index (κ1) is 23.1. The van der Waals surface area contributed by atoms with Crippen molar-refractivity contribution in [2.24, 2.45) is 5.92 Å². The van der Waals surface area contributed by atoms with Crippen LogP contribution in [0.4, 0.5) is 16.6 Å². The van der Waals surface area contributed by atoms with Gasteiger partial charge in [0.15, 0.2) is 0 Å². The second-order valence-electron chi connectivity index (χ2n) is 8.45. The maximum atomic E-state index is 11.8. The number of nitrogens with one attached hydrogen (secondary N) is 2. The SMILES string of the molecule is Nc1ccc(CNCC2CCN(c3nccc(C=C4SC(=O)NC4=O)n3)CC2)c(-c2ccoc2)n1. The van der Waals surface area contributed by atoms with Crippen LogP contribution >= 0.6 is 11.8 Å². The van der Waals surface area contributed by atoms with Crippen molar-refractivity contribution in [1.29, 1.82) is 0 Å². The van der Waals surface area contributed by atoms with Gasteiger partial charge in [-0.1, -0.05) is 6.07 Å². The molecule has 11 heteroatoms. The summed E-state index contributed by atoms with van der Waals surface area (Å²) in [7, 11) is 0. The molecule has 0 radical (unpaired) electrons. The Hall–Kier alpha value is -3.70. The van der Waals surface area contributed by atoms with Crippen molar-refractivity contribution in [2.75, 3.05) is 30.3 Å². The number of nitrogens with two attached hydrogens (primary N) is 1. The molecule has 2 saturated heterocycles. The van der Waals surface area contributed by atoms with E-state index < -0.39 is 0 Å². The minimum Gasteiger partial charge on any atom is -0.472 e. The standard InChI is InChI=1S/C24H25N7O3S/c25-20-2-1-16(21(29-20)17-6-10-34-14-17)13-26-12-15-4-8-31(9-5-15)23-27-7-3-18(28-23)11-19-22(32)30-24(33)35-19/h1-3,6-7,10-11,14-15,26H,4-5,8-9,12-13H2,(H2,25,29)(H,30,32,33). The highest BCUT2D eigenvalue weighted by Crippen LogP contribution is 2.26. The molecule has 0 bridgehead atoms. The Balaban J connectivity index is 1.14. The molecule has 0 unspecified atom stereocenters. The lowest BCUT2D eigenvalue weighted by atomic mass is 9.97. The predicted molar refractivity (Wildman–Crippen MR) is 134 cm³/mol. The van der Waals surface area contributed by atoms with Crippen LogP contribution in [0.25, 0.3) is 17.3 Å². The van der Waals surface area contributed by atoms with E-state index in [2.05, 4.69) is 30.5 Å². The fourth-order valence-corrected chi connectivity index (χ4v) is 4.86. The number of carbonyl (C=O) groups is 2. The number of carbonyl (C=O) groups excluding carboxylic acids is 2. The molecule has 2 fully saturated rings. The molecule has 5 rings (SSSR count). The Morgan fingerprint density at radius 3 is 2.80 bits per heavy atom. The molecule has 2 amide bonds. The van der Waals surface area contributed by atoms with Gasteiger partial charge < -0.3 is 20.4 Å². The summed E-state index contributed by atoms with van der Waals surface area (Å²) in [5.41, 5.74) is 9.33. The summed E-state index contributed by atoms with van der Waals surface area (Å²) < 4.78 is 5.21. The van der Waals surface area contributed by atoms with Gasteiger partial charge in [0.05, 0.1) is 28.8 Å². The molecule has 2 aliphatic rings. The van der Waals surface area contributed by atoms with Crippen LogP contribution in [0.5, 0.6) is 0 Å². The monoisotopic (exact) mass is 491 g/mol. The van der Waals surface area contributed by atoms with Gasteiger partial charge in [0, 0.05) is 31.4 Å². The van der Waals surface area contributed by atoms with E-state index in [-0.39, 0.29) is 11.1 Å². The second kappa shape index (κ2) is 10.3. The molecule has 2 aliphatic heterocycles. The van der Waals surface area contributed by atoms with Gasteiger partial charge in [-0.2, -0.15) is 0 Å². The average molecular weight is 492 g/mol. The zero-order chi connectivity index (χ0) is 24.2. The summed E-state index contributed by atoms with van der Waals surface area (Å²) in [6, 6.07) is 7.44. The average Bonchev–Trinajstić information content (AvgIpc) is 3.50. The Kier molecular flexibility index (Phi) is 6.77. The predicted octanol–water partition coefficient (Wildman–Crippen LogP) is 3.04. The minimum absolute atomic E-state index is 0.344. The van der Waals surface area contributed by atoms with Crippen molar-refractivity contribution in [3.63, 3.8) is 0 Å². The van der Waals surface area contributed by atoms with E-state index in [0.29, 0.717) is 34.8 Å². The Morgan fingerprint density at radius 2 is 2.06 bits per heavy atom. The lowest BCUT2D eigenvalue weighted by Crippen LogP contribution is -2.38. The van der Waals surface area contributed by atoms with Crippen LogP contribution in [-0.2, 0) is 11.3 Å². The zero-order valence-corrected chi connectivity index (χ0v) is 19.8. The molecule has 4 N–H and O–H groups in total. The summed E-state index contributed by atoms with van der Waals surface area (Å²) in [4.78, 5) is 39.1. The van der Waals surface area contributed by atoms with Gasteiger partial charge in [0.25, 0.3) is 11.1 Å². The Bertz CT molecular complexity index is 1250. The molecule has 35 heavy (non-hydrogen) atoms. The molecule has 0 aromatic carbocycles. The molecular formula is C24H25N7O3S. The van der Waals surface area contributed by atoms with Crippen LogP contribution in [0.2, 0.25) is 0 Å². The van der Waals surface area contributed by atoms with E-state index in [1.165, 1.54) is 0 Å². The number of rotatable bonds is 7. The minimum atomic E-state index is -0.389. The highest BCUT2D eigenvalue weighted by atomic mass is 32.2. The van der Waals surface area contributed by atoms with Crippen molar-refractivity contribution < 1.29 is 14.0 Å². The Labute approximate surface area is 206 Å². The zero-order valence-electron chi connectivity index (χ0n) is 18.9. The van der Waals surface area contributed by atoms with Crippen LogP contribution in [0.1, 0.15) is 24.1 Å². The molecule has 5 heterocycles. The second-order valence-corrected chi connectivity index (χ2v) is 9.47. The van der Waals surface area contributed by atoms with Crippen molar-refractivity contribution in [1.82, 2.24) is 25.6 Å². The number of furan rings is 1. The first-order valence-electron chi connectivity index (χ1n) is 11.4. The first-order valence-corrected chi connectivity index (χ1v) is 12.2. The fraction of sp³-hybridized carbons (Fsp3) is 0.292. The third kappa shape index (κ3) is 5.52. The van der Waals surface area contributed by atoms with Crippen molar-refractivity contribution >= 4 is 40.8 Å². The van der Waals surface area contributed by atoms with E-state index in [1.54, 1.807) is 30.9 Å². The van der Waals surface area contributed by atoms with E-state index in [9.17, 15) is 9.59 Å². The van der Waals surface area contributed by atoms with Gasteiger partial charge in [0.2, 0.25) is 5.95 Å². The van der Waals surface area contributed by atoms with Crippen LogP contribution in [0, 0.1) is 5.92 Å². The van der Waals surface area contributed by atoms with E-state index in [4.69, 9.17) is 10.2 Å². The maximum absolute atomic E-state index is 11.8. The number of aromatic nitrogens is 3. The summed E-state index contributed by atoms with van der Waals surface area (Å²) >= 11 is 0.883. The van der Waals surface area contributed by atoms with Gasteiger partial charge in [-0.25, -0.2) is 15.0 Å². The number of nitrogen functional groups attached to an aromatic ring is 1. The number of pyridine rings is 1. The molecule has 0 aliphatic carbocycles. The van der Waals surface area contributed by atoms with Crippen LogP contribution in [0.3, 0.4) is 0 Å². The van der Waals surface area contributed by atoms with Crippen molar-refractivity contribution in [3.8, 4) is 11.3 Å². The van der Waals surface area contributed by atoms with Crippen molar-refractivity contribution in [3.05, 3.63) is 59.2 Å². The van der Waals surface area contributed by atoms with Crippen LogP contribution in [-0.4, -0.2) is 45.7 Å². The molecular weight excluding hydrogens is 466 g/mol. The third-order valence-corrected chi connectivity index (χ3v) is 6.84. The molecule has 180 valence electrons. The molecule has 3 aromatic rings. The molecule has 0 spiro atoms. The largest absolute Gasteiger partial charge is 0.472 e. The van der Waals surface area contributed by atoms with Gasteiger partial charge in [0.1, 0.15) is 5.82 Å². The van der Waals surface area contributed by atoms with Crippen LogP contribution < -0.4 is 21.3 Å². The van der Waals surface area contributed by atoms with E-state index in [1.807, 2.05) is 18.2 Å².